The Morgan fingerprint density at radius 2 is 1.95 bits per heavy atom. The molecule has 2 saturated heterocycles. The van der Waals surface area contributed by atoms with E-state index in [9.17, 15) is 4.79 Å². The minimum Gasteiger partial charge on any atom is -0.379 e. The number of morpholine rings is 1. The van der Waals surface area contributed by atoms with E-state index in [4.69, 9.17) is 4.74 Å². The molecule has 2 fully saturated rings. The molecule has 6 heteroatoms. The molecule has 1 atom stereocenters. The molecule has 0 radical (unpaired) electrons. The summed E-state index contributed by atoms with van der Waals surface area (Å²) in [7, 11) is 0. The maximum atomic E-state index is 12.3. The normalized spacial score (nSPS) is 22.9. The summed E-state index contributed by atoms with van der Waals surface area (Å²) in [5.74, 6) is 2.76. The highest BCUT2D eigenvalue weighted by atomic mass is 32.2. The molecule has 0 aromatic carbocycles. The number of urea groups is 1. The summed E-state index contributed by atoms with van der Waals surface area (Å²) in [5.41, 5.74) is 0. The summed E-state index contributed by atoms with van der Waals surface area (Å²) in [6.07, 6.45) is 1.11. The average molecular weight is 315 g/mol. The zero-order chi connectivity index (χ0) is 15.1. The Balaban J connectivity index is 1.81. The maximum absolute atomic E-state index is 12.3. The number of thioether (sulfide) groups is 1. The van der Waals surface area contributed by atoms with E-state index < -0.39 is 0 Å². The largest absolute Gasteiger partial charge is 0.379 e. The first-order valence-electron chi connectivity index (χ1n) is 8.11. The SMILES string of the molecule is CC(C)C(CNC(=O)N1CCCSCC1)N1CCOCC1. The van der Waals surface area contributed by atoms with Gasteiger partial charge in [-0.15, -0.1) is 0 Å². The molecule has 2 aliphatic heterocycles. The molecular weight excluding hydrogens is 286 g/mol. The van der Waals surface area contributed by atoms with Gasteiger partial charge in [-0.3, -0.25) is 4.90 Å². The average Bonchev–Trinajstić information content (AvgIpc) is 2.77. The molecule has 1 unspecified atom stereocenters. The van der Waals surface area contributed by atoms with Crippen molar-refractivity contribution in [1.29, 1.82) is 0 Å². The van der Waals surface area contributed by atoms with Gasteiger partial charge in [-0.2, -0.15) is 11.8 Å². The first-order chi connectivity index (χ1) is 10.2. The maximum Gasteiger partial charge on any atom is 0.317 e. The highest BCUT2D eigenvalue weighted by Crippen LogP contribution is 2.13. The minimum absolute atomic E-state index is 0.108. The molecule has 21 heavy (non-hydrogen) atoms. The summed E-state index contributed by atoms with van der Waals surface area (Å²) in [4.78, 5) is 16.7. The molecule has 1 N–H and O–H groups in total. The van der Waals surface area contributed by atoms with Crippen molar-refractivity contribution < 1.29 is 9.53 Å². The zero-order valence-electron chi connectivity index (χ0n) is 13.3. The fourth-order valence-corrected chi connectivity index (χ4v) is 3.84. The second-order valence-electron chi connectivity index (χ2n) is 6.10. The van der Waals surface area contributed by atoms with E-state index in [-0.39, 0.29) is 6.03 Å². The van der Waals surface area contributed by atoms with Crippen molar-refractivity contribution >= 4 is 17.8 Å². The Bertz CT molecular complexity index is 314. The molecule has 0 saturated carbocycles. The smallest absolute Gasteiger partial charge is 0.317 e. The summed E-state index contributed by atoms with van der Waals surface area (Å²) in [5, 5.41) is 3.15. The van der Waals surface area contributed by atoms with Crippen LogP contribution in [0.3, 0.4) is 0 Å². The van der Waals surface area contributed by atoms with Gasteiger partial charge < -0.3 is 15.0 Å². The summed E-state index contributed by atoms with van der Waals surface area (Å²) in [6.45, 7) is 10.5. The summed E-state index contributed by atoms with van der Waals surface area (Å²) in [6, 6.07) is 0.510. The van der Waals surface area contributed by atoms with E-state index in [1.807, 2.05) is 16.7 Å². The van der Waals surface area contributed by atoms with Crippen LogP contribution in [0.25, 0.3) is 0 Å². The van der Waals surface area contributed by atoms with Gasteiger partial charge in [0.1, 0.15) is 0 Å². The monoisotopic (exact) mass is 315 g/mol. The lowest BCUT2D eigenvalue weighted by Gasteiger charge is -2.37. The predicted molar refractivity (Wildman–Crippen MR) is 87.9 cm³/mol. The first kappa shape index (κ1) is 16.9. The highest BCUT2D eigenvalue weighted by molar-refractivity contribution is 7.99. The molecular formula is C15H29N3O2S. The topological polar surface area (TPSA) is 44.8 Å². The van der Waals surface area contributed by atoms with Gasteiger partial charge in [0.15, 0.2) is 0 Å². The van der Waals surface area contributed by atoms with Crippen LogP contribution < -0.4 is 5.32 Å². The Morgan fingerprint density at radius 1 is 1.19 bits per heavy atom. The molecule has 0 aromatic rings. The van der Waals surface area contributed by atoms with Crippen molar-refractivity contribution in [2.45, 2.75) is 26.3 Å². The number of hydrogen-bond acceptors (Lipinski definition) is 4. The summed E-state index contributed by atoms with van der Waals surface area (Å²) >= 11 is 1.95. The Kier molecular flexibility index (Phi) is 7.13. The van der Waals surface area contributed by atoms with Gasteiger partial charge in [-0.1, -0.05) is 13.8 Å². The Hall–Kier alpha value is -0.460. The Morgan fingerprint density at radius 3 is 2.67 bits per heavy atom. The van der Waals surface area contributed by atoms with E-state index in [1.165, 1.54) is 5.75 Å². The third-order valence-corrected chi connectivity index (χ3v) is 5.30. The van der Waals surface area contributed by atoms with Crippen LogP contribution in [0.1, 0.15) is 20.3 Å². The van der Waals surface area contributed by atoms with Crippen LogP contribution in [0.5, 0.6) is 0 Å². The van der Waals surface area contributed by atoms with Gasteiger partial charge in [0.2, 0.25) is 0 Å². The van der Waals surface area contributed by atoms with Crippen molar-refractivity contribution in [1.82, 2.24) is 15.1 Å². The summed E-state index contributed by atoms with van der Waals surface area (Å²) < 4.78 is 5.42. The molecule has 0 spiro atoms. The molecule has 5 nitrogen and oxygen atoms in total. The van der Waals surface area contributed by atoms with Crippen molar-refractivity contribution in [2.75, 3.05) is 57.4 Å². The van der Waals surface area contributed by atoms with Crippen LogP contribution in [0.2, 0.25) is 0 Å². The molecule has 2 heterocycles. The van der Waals surface area contributed by atoms with Crippen molar-refractivity contribution in [3.8, 4) is 0 Å². The van der Waals surface area contributed by atoms with Crippen molar-refractivity contribution in [2.24, 2.45) is 5.92 Å². The highest BCUT2D eigenvalue weighted by Gasteiger charge is 2.25. The Labute approximate surface area is 132 Å². The van der Waals surface area contributed by atoms with E-state index in [2.05, 4.69) is 24.1 Å². The standard InChI is InChI=1S/C15H29N3O2S/c1-13(2)14(17-5-8-20-9-6-17)12-16-15(19)18-4-3-10-21-11-7-18/h13-14H,3-12H2,1-2H3,(H,16,19). The van der Waals surface area contributed by atoms with Crippen LogP contribution in [-0.4, -0.2) is 79.3 Å². The van der Waals surface area contributed by atoms with Gasteiger partial charge in [0.05, 0.1) is 13.2 Å². The van der Waals surface area contributed by atoms with E-state index in [0.29, 0.717) is 12.0 Å². The van der Waals surface area contributed by atoms with Gasteiger partial charge in [0.25, 0.3) is 0 Å². The number of carbonyl (C=O) groups is 1. The number of carbonyl (C=O) groups excluding carboxylic acids is 1. The zero-order valence-corrected chi connectivity index (χ0v) is 14.2. The number of nitrogens with zero attached hydrogens (tertiary/aromatic N) is 2. The quantitative estimate of drug-likeness (QED) is 0.854. The third-order valence-electron chi connectivity index (χ3n) is 4.26. The van der Waals surface area contributed by atoms with Gasteiger partial charge in [0, 0.05) is 44.5 Å². The van der Waals surface area contributed by atoms with Crippen LogP contribution in [0, 0.1) is 5.92 Å². The van der Waals surface area contributed by atoms with Gasteiger partial charge >= 0.3 is 6.03 Å². The molecule has 122 valence electrons. The van der Waals surface area contributed by atoms with E-state index >= 15 is 0 Å². The lowest BCUT2D eigenvalue weighted by molar-refractivity contribution is 0.00695. The second kappa shape index (κ2) is 8.86. The van der Waals surface area contributed by atoms with Gasteiger partial charge in [-0.05, 0) is 18.1 Å². The van der Waals surface area contributed by atoms with Crippen LogP contribution in [0.15, 0.2) is 0 Å². The van der Waals surface area contributed by atoms with Gasteiger partial charge in [-0.25, -0.2) is 4.79 Å². The lowest BCUT2D eigenvalue weighted by Crippen LogP contribution is -2.53. The first-order valence-corrected chi connectivity index (χ1v) is 9.26. The molecule has 2 rings (SSSR count). The molecule has 0 bridgehead atoms. The van der Waals surface area contributed by atoms with Crippen molar-refractivity contribution in [3.05, 3.63) is 0 Å². The molecule has 0 aliphatic carbocycles. The predicted octanol–water partition coefficient (Wildman–Crippen LogP) is 1.49. The number of ether oxygens (including phenoxy) is 1. The molecule has 2 aliphatic rings. The van der Waals surface area contributed by atoms with E-state index in [0.717, 1.165) is 58.1 Å². The molecule has 0 aromatic heterocycles. The van der Waals surface area contributed by atoms with E-state index in [1.54, 1.807) is 0 Å². The fourth-order valence-electron chi connectivity index (χ4n) is 2.95. The van der Waals surface area contributed by atoms with Crippen LogP contribution in [0.4, 0.5) is 4.79 Å². The fraction of sp³-hybridized carbons (Fsp3) is 0.933. The third kappa shape index (κ3) is 5.34. The number of rotatable bonds is 4. The second-order valence-corrected chi connectivity index (χ2v) is 7.32. The minimum atomic E-state index is 0.108. The number of hydrogen-bond donors (Lipinski definition) is 1. The number of nitrogens with one attached hydrogen (secondary N) is 1. The number of amides is 2. The van der Waals surface area contributed by atoms with Crippen LogP contribution in [-0.2, 0) is 4.74 Å². The van der Waals surface area contributed by atoms with Crippen molar-refractivity contribution in [3.63, 3.8) is 0 Å². The lowest BCUT2D eigenvalue weighted by atomic mass is 10.0. The molecule has 2 amide bonds. The van der Waals surface area contributed by atoms with Crippen LogP contribution >= 0.6 is 11.8 Å².